The lowest BCUT2D eigenvalue weighted by Crippen LogP contribution is -2.62. The van der Waals surface area contributed by atoms with E-state index in [1.807, 2.05) is 13.8 Å². The summed E-state index contributed by atoms with van der Waals surface area (Å²) in [6.45, 7) is 5.93. The molecular formula is C14H19FN2O2S. The normalized spacial score (nSPS) is 16.6. The fourth-order valence-corrected chi connectivity index (χ4v) is 2.43. The van der Waals surface area contributed by atoms with Gasteiger partial charge < -0.3 is 10.6 Å². The Balaban J connectivity index is 0.000000956. The molecule has 0 aromatic heterocycles. The summed E-state index contributed by atoms with van der Waals surface area (Å²) in [4.78, 5) is 24.6. The van der Waals surface area contributed by atoms with Gasteiger partial charge in [-0.15, -0.1) is 0 Å². The molecule has 1 heterocycles. The van der Waals surface area contributed by atoms with E-state index in [-0.39, 0.29) is 30.6 Å². The molecule has 110 valence electrons. The second-order valence-electron chi connectivity index (χ2n) is 4.05. The van der Waals surface area contributed by atoms with Gasteiger partial charge in [0.15, 0.2) is 5.41 Å². The Hall–Kier alpha value is -1.56. The van der Waals surface area contributed by atoms with Crippen LogP contribution in [0.5, 0.6) is 0 Å². The molecule has 0 saturated carbocycles. The second-order valence-corrected chi connectivity index (χ2v) is 4.67. The number of rotatable bonds is 3. The third-order valence-electron chi connectivity index (χ3n) is 3.24. The van der Waals surface area contributed by atoms with E-state index >= 15 is 0 Å². The molecule has 1 saturated heterocycles. The van der Waals surface area contributed by atoms with Gasteiger partial charge in [-0.05, 0) is 24.1 Å². The largest absolute Gasteiger partial charge is 0.337 e. The molecule has 4 nitrogen and oxygen atoms in total. The van der Waals surface area contributed by atoms with Gasteiger partial charge in [0.05, 0.1) is 18.8 Å². The van der Waals surface area contributed by atoms with Gasteiger partial charge in [-0.2, -0.15) is 3.89 Å². The maximum absolute atomic E-state index is 12.4. The van der Waals surface area contributed by atoms with Gasteiger partial charge in [-0.1, -0.05) is 32.9 Å². The first kappa shape index (κ1) is 16.5. The highest BCUT2D eigenvalue weighted by Gasteiger charge is 2.47. The standard InChI is InChI=1S/C12H13FN2O2S.C2H6/c1-2-12(10(16)14-7-15-11(12)17)8-3-5-9(18-13)6-4-8;1-2/h3-6H,2,7H2,1H3,(H,14,16)(H,15,17);1-2H3. The van der Waals surface area contributed by atoms with Crippen molar-refractivity contribution in [1.82, 2.24) is 10.6 Å². The van der Waals surface area contributed by atoms with E-state index in [9.17, 15) is 13.5 Å². The van der Waals surface area contributed by atoms with Crippen LogP contribution in [0.3, 0.4) is 0 Å². The van der Waals surface area contributed by atoms with Crippen LogP contribution in [0.15, 0.2) is 29.2 Å². The van der Waals surface area contributed by atoms with E-state index in [1.165, 1.54) is 0 Å². The summed E-state index contributed by atoms with van der Waals surface area (Å²) in [7, 11) is 0. The van der Waals surface area contributed by atoms with E-state index in [0.717, 1.165) is 0 Å². The summed E-state index contributed by atoms with van der Waals surface area (Å²) in [5.74, 6) is -0.621. The Bertz CT molecular complexity index is 461. The van der Waals surface area contributed by atoms with Crippen LogP contribution in [-0.2, 0) is 15.0 Å². The van der Waals surface area contributed by atoms with Gasteiger partial charge in [0.1, 0.15) is 0 Å². The summed E-state index contributed by atoms with van der Waals surface area (Å²) in [6.07, 6.45) is 0.354. The van der Waals surface area contributed by atoms with E-state index in [1.54, 1.807) is 31.2 Å². The topological polar surface area (TPSA) is 58.2 Å². The van der Waals surface area contributed by atoms with Crippen molar-refractivity contribution in [3.8, 4) is 0 Å². The molecule has 2 rings (SSSR count). The fraction of sp³-hybridized carbons (Fsp3) is 0.429. The highest BCUT2D eigenvalue weighted by atomic mass is 32.2. The molecule has 0 atom stereocenters. The minimum absolute atomic E-state index is 0.131. The van der Waals surface area contributed by atoms with Crippen LogP contribution in [0.1, 0.15) is 32.8 Å². The molecular weight excluding hydrogens is 279 g/mol. The zero-order valence-corrected chi connectivity index (χ0v) is 12.6. The van der Waals surface area contributed by atoms with Crippen molar-refractivity contribution >= 4 is 24.0 Å². The highest BCUT2D eigenvalue weighted by Crippen LogP contribution is 2.32. The first-order chi connectivity index (χ1) is 9.65. The zero-order chi connectivity index (χ0) is 15.2. The first-order valence-electron chi connectivity index (χ1n) is 6.61. The lowest BCUT2D eigenvalue weighted by atomic mass is 9.75. The van der Waals surface area contributed by atoms with Crippen LogP contribution in [0.25, 0.3) is 0 Å². The van der Waals surface area contributed by atoms with Crippen molar-refractivity contribution in [3.05, 3.63) is 29.8 Å². The zero-order valence-electron chi connectivity index (χ0n) is 11.8. The predicted octanol–water partition coefficient (Wildman–Crippen LogP) is 2.54. The van der Waals surface area contributed by atoms with Crippen molar-refractivity contribution in [1.29, 1.82) is 0 Å². The molecule has 0 spiro atoms. The summed E-state index contributed by atoms with van der Waals surface area (Å²) in [5, 5.41) is 5.26. The Labute approximate surface area is 122 Å². The molecule has 2 amide bonds. The summed E-state index contributed by atoms with van der Waals surface area (Å²) in [5.41, 5.74) is -0.630. The monoisotopic (exact) mass is 298 g/mol. The van der Waals surface area contributed by atoms with Gasteiger partial charge in [-0.25, -0.2) is 0 Å². The molecule has 1 aliphatic rings. The number of hydrogen-bond acceptors (Lipinski definition) is 3. The van der Waals surface area contributed by atoms with Crippen molar-refractivity contribution in [2.45, 2.75) is 37.5 Å². The fourth-order valence-electron chi connectivity index (χ4n) is 2.19. The molecule has 0 aliphatic carbocycles. The van der Waals surface area contributed by atoms with Crippen molar-refractivity contribution in [2.75, 3.05) is 6.67 Å². The molecule has 1 aliphatic heterocycles. The maximum Gasteiger partial charge on any atom is 0.241 e. The average molecular weight is 298 g/mol. The van der Waals surface area contributed by atoms with Crippen LogP contribution in [0, 0.1) is 0 Å². The van der Waals surface area contributed by atoms with Crippen LogP contribution in [0.4, 0.5) is 3.89 Å². The quantitative estimate of drug-likeness (QED) is 0.843. The van der Waals surface area contributed by atoms with E-state index < -0.39 is 5.41 Å². The van der Waals surface area contributed by atoms with E-state index in [0.29, 0.717) is 16.9 Å². The van der Waals surface area contributed by atoms with Gasteiger partial charge in [0, 0.05) is 4.90 Å². The van der Waals surface area contributed by atoms with Crippen molar-refractivity contribution in [2.24, 2.45) is 0 Å². The number of halogens is 1. The predicted molar refractivity (Wildman–Crippen MR) is 77.9 cm³/mol. The molecule has 1 fully saturated rings. The number of carbonyl (C=O) groups is 2. The average Bonchev–Trinajstić information content (AvgIpc) is 2.50. The smallest absolute Gasteiger partial charge is 0.241 e. The van der Waals surface area contributed by atoms with E-state index in [2.05, 4.69) is 10.6 Å². The summed E-state index contributed by atoms with van der Waals surface area (Å²) in [6, 6.07) is 6.37. The van der Waals surface area contributed by atoms with Crippen LogP contribution in [0.2, 0.25) is 0 Å². The number of amides is 2. The lowest BCUT2D eigenvalue weighted by Gasteiger charge is -2.34. The summed E-state index contributed by atoms with van der Waals surface area (Å²) >= 11 is 0.131. The van der Waals surface area contributed by atoms with Crippen LogP contribution in [-0.4, -0.2) is 18.5 Å². The first-order valence-corrected chi connectivity index (χ1v) is 7.32. The summed E-state index contributed by atoms with van der Waals surface area (Å²) < 4.78 is 12.4. The Morgan fingerprint density at radius 3 is 2.05 bits per heavy atom. The third kappa shape index (κ3) is 2.80. The third-order valence-corrected chi connectivity index (χ3v) is 3.69. The second kappa shape index (κ2) is 7.28. The molecule has 6 heteroatoms. The number of benzene rings is 1. The van der Waals surface area contributed by atoms with Gasteiger partial charge in [0.2, 0.25) is 11.8 Å². The molecule has 1 aromatic carbocycles. The van der Waals surface area contributed by atoms with Crippen LogP contribution < -0.4 is 10.6 Å². The minimum Gasteiger partial charge on any atom is -0.337 e. The van der Waals surface area contributed by atoms with Crippen molar-refractivity contribution in [3.63, 3.8) is 0 Å². The molecule has 2 N–H and O–H groups in total. The number of carbonyl (C=O) groups excluding carboxylic acids is 2. The minimum atomic E-state index is -1.21. The van der Waals surface area contributed by atoms with Gasteiger partial charge >= 0.3 is 0 Å². The molecule has 0 unspecified atom stereocenters. The molecule has 0 bridgehead atoms. The molecule has 20 heavy (non-hydrogen) atoms. The Kier molecular flexibility index (Phi) is 6.01. The highest BCUT2D eigenvalue weighted by molar-refractivity contribution is 7.94. The Morgan fingerprint density at radius 2 is 1.65 bits per heavy atom. The maximum atomic E-state index is 12.4. The molecule has 1 aromatic rings. The van der Waals surface area contributed by atoms with Crippen LogP contribution >= 0.6 is 12.1 Å². The Morgan fingerprint density at radius 1 is 1.15 bits per heavy atom. The van der Waals surface area contributed by atoms with Gasteiger partial charge in [-0.3, -0.25) is 9.59 Å². The SMILES string of the molecule is CC.CCC1(c2ccc(SF)cc2)C(=O)NCNC1=O. The van der Waals surface area contributed by atoms with E-state index in [4.69, 9.17) is 0 Å². The number of hydrogen-bond donors (Lipinski definition) is 2. The van der Waals surface area contributed by atoms with Crippen molar-refractivity contribution < 1.29 is 13.5 Å². The lowest BCUT2D eigenvalue weighted by molar-refractivity contribution is -0.141. The van der Waals surface area contributed by atoms with Gasteiger partial charge in [0.25, 0.3) is 0 Å². The number of nitrogens with one attached hydrogen (secondary N) is 2. The molecule has 0 radical (unpaired) electrons.